The molecule has 0 spiro atoms. The Labute approximate surface area is 315 Å². The number of rotatable bonds is 4. The van der Waals surface area contributed by atoms with Crippen LogP contribution >= 0.6 is 0 Å². The Morgan fingerprint density at radius 3 is 1.36 bits per heavy atom. The first-order valence-electron chi connectivity index (χ1n) is 18.0. The van der Waals surface area contributed by atoms with Crippen LogP contribution in [0, 0.1) is 12.3 Å². The molecule has 11 nitrogen and oxygen atoms in total. The molecule has 3 saturated heterocycles. The predicted molar refractivity (Wildman–Crippen MR) is 203 cm³/mol. The van der Waals surface area contributed by atoms with Gasteiger partial charge in [-0.25, -0.2) is 0 Å². The van der Waals surface area contributed by atoms with Gasteiger partial charge < -0.3 is 23.4 Å². The summed E-state index contributed by atoms with van der Waals surface area (Å²) in [5.74, 6) is 3.02. The van der Waals surface area contributed by atoms with Crippen LogP contribution in [-0.4, -0.2) is 95.9 Å². The van der Waals surface area contributed by atoms with E-state index in [-0.39, 0.29) is 40.9 Å². The molecule has 0 unspecified atom stereocenters. The number of amides is 4. The molecular weight excluding hydrogens is 674 g/mol. The quantitative estimate of drug-likeness (QED) is 0.210. The second-order valence-electron chi connectivity index (χ2n) is 15.3. The summed E-state index contributed by atoms with van der Waals surface area (Å²) in [6.07, 6.45) is 9.55. The molecule has 7 rings (SSSR count). The fourth-order valence-electron chi connectivity index (χ4n) is 5.58. The van der Waals surface area contributed by atoms with E-state index in [2.05, 4.69) is 5.92 Å². The second kappa shape index (κ2) is 16.5. The third-order valence-corrected chi connectivity index (χ3v) is 10.5. The maximum absolute atomic E-state index is 12.5. The second-order valence-corrected chi connectivity index (χ2v) is 15.3. The SMILES string of the molecule is C#C[C@H](C)N1C(=O)c2ccccc2C1=O.C1CCOC1.CC1(C)O[B]OC1(C)C.C[C@@H](/C=C/B1OC(C)(C)C(C)(C)O1)N1C(=O)c2ccccc2C1=O. The van der Waals surface area contributed by atoms with Crippen molar-refractivity contribution in [2.24, 2.45) is 0 Å². The molecule has 5 heterocycles. The maximum atomic E-state index is 12.5. The molecule has 0 saturated carbocycles. The summed E-state index contributed by atoms with van der Waals surface area (Å²) >= 11 is 0. The Hall–Kier alpha value is -4.05. The molecule has 53 heavy (non-hydrogen) atoms. The molecule has 5 aliphatic rings. The molecule has 0 aromatic heterocycles. The number of hydrogen-bond donors (Lipinski definition) is 0. The average molecular weight is 725 g/mol. The topological polar surface area (TPSA) is 121 Å². The van der Waals surface area contributed by atoms with E-state index in [1.54, 1.807) is 67.5 Å². The van der Waals surface area contributed by atoms with Gasteiger partial charge in [-0.2, -0.15) is 0 Å². The van der Waals surface area contributed by atoms with Gasteiger partial charge in [0.2, 0.25) is 0 Å². The summed E-state index contributed by atoms with van der Waals surface area (Å²) in [6.45, 7) is 21.4. The van der Waals surface area contributed by atoms with Gasteiger partial charge in [-0.1, -0.05) is 42.2 Å². The highest BCUT2D eigenvalue weighted by atomic mass is 16.7. The minimum Gasteiger partial charge on any atom is -0.405 e. The third-order valence-electron chi connectivity index (χ3n) is 10.5. The van der Waals surface area contributed by atoms with E-state index in [0.29, 0.717) is 22.3 Å². The van der Waals surface area contributed by atoms with E-state index in [4.69, 9.17) is 29.8 Å². The summed E-state index contributed by atoms with van der Waals surface area (Å²) in [7, 11) is 0.924. The molecule has 2 aromatic rings. The number of terminal acetylenes is 1. The van der Waals surface area contributed by atoms with Gasteiger partial charge in [0.25, 0.3) is 23.6 Å². The van der Waals surface area contributed by atoms with Crippen LogP contribution < -0.4 is 0 Å². The zero-order valence-electron chi connectivity index (χ0n) is 32.6. The number of benzene rings is 2. The number of nitrogens with zero attached hydrogens (tertiary/aromatic N) is 2. The van der Waals surface area contributed by atoms with Crippen LogP contribution in [0.3, 0.4) is 0 Å². The normalized spacial score (nSPS) is 22.4. The van der Waals surface area contributed by atoms with E-state index in [1.165, 1.54) is 25.4 Å². The third kappa shape index (κ3) is 9.02. The van der Waals surface area contributed by atoms with Crippen molar-refractivity contribution in [2.75, 3.05) is 13.2 Å². The van der Waals surface area contributed by atoms with Crippen molar-refractivity contribution in [2.45, 2.75) is 117 Å². The first-order chi connectivity index (χ1) is 24.8. The molecule has 13 heteroatoms. The van der Waals surface area contributed by atoms with Crippen LogP contribution in [0.4, 0.5) is 0 Å². The Bertz CT molecular complexity index is 1650. The first-order valence-corrected chi connectivity index (χ1v) is 18.0. The fraction of sp³-hybridized carbons (Fsp3) is 0.500. The maximum Gasteiger partial charge on any atom is 0.488 e. The van der Waals surface area contributed by atoms with Gasteiger partial charge in [0.15, 0.2) is 0 Å². The lowest BCUT2D eigenvalue weighted by atomic mass is 9.89. The Balaban J connectivity index is 0.000000182. The molecule has 0 N–H and O–H groups in total. The average Bonchev–Trinajstić information content (AvgIpc) is 3.91. The Morgan fingerprint density at radius 1 is 0.679 bits per heavy atom. The lowest BCUT2D eigenvalue weighted by molar-refractivity contribution is 0.00578. The van der Waals surface area contributed by atoms with Crippen molar-refractivity contribution in [3.63, 3.8) is 0 Å². The van der Waals surface area contributed by atoms with Crippen LogP contribution in [0.5, 0.6) is 0 Å². The predicted octanol–water partition coefficient (Wildman–Crippen LogP) is 6.08. The summed E-state index contributed by atoms with van der Waals surface area (Å²) < 4.78 is 27.2. The highest BCUT2D eigenvalue weighted by Crippen LogP contribution is 2.37. The summed E-state index contributed by atoms with van der Waals surface area (Å²) in [6, 6.07) is 12.7. The molecule has 0 aliphatic carbocycles. The summed E-state index contributed by atoms with van der Waals surface area (Å²) in [4.78, 5) is 50.9. The minimum atomic E-state index is -0.502. The highest BCUT2D eigenvalue weighted by molar-refractivity contribution is 6.51. The Kier molecular flexibility index (Phi) is 13.0. The number of carbonyl (C=O) groups excluding carboxylic acids is 4. The van der Waals surface area contributed by atoms with E-state index in [1.807, 2.05) is 62.3 Å². The lowest BCUT2D eigenvalue weighted by Crippen LogP contribution is -2.41. The van der Waals surface area contributed by atoms with Crippen LogP contribution in [0.2, 0.25) is 0 Å². The van der Waals surface area contributed by atoms with Crippen LogP contribution in [0.25, 0.3) is 0 Å². The standard InChI is InChI=1S/C18H22BNO4.C12H9NO2.C6H12BO2.C4H8O/c1-12(10-11-19-23-17(2,3)18(4,5)24-19)20-15(21)13-8-6-7-9-14(13)16(20)22;1-3-8(2)13-11(14)9-6-4-5-7-10(9)12(13)15;1-5(2)6(3,4)9-7-8-5;1-2-4-5-3-1/h6-12H,1-5H3;1,4-8H,2H3;1-4H3;1-4H2/b11-10+;;;/t12-;8-;;/m00../s1. The number of ether oxygens (including phenoxy) is 1. The highest BCUT2D eigenvalue weighted by Gasteiger charge is 2.50. The number of hydrogen-bond acceptors (Lipinski definition) is 9. The van der Waals surface area contributed by atoms with E-state index < -0.39 is 24.4 Å². The first kappa shape index (κ1) is 41.7. The zero-order chi connectivity index (χ0) is 39.4. The zero-order valence-corrected chi connectivity index (χ0v) is 32.6. The van der Waals surface area contributed by atoms with E-state index in [0.717, 1.165) is 18.1 Å². The van der Waals surface area contributed by atoms with Gasteiger partial charge in [0, 0.05) is 13.2 Å². The molecule has 2 aromatic carbocycles. The molecule has 281 valence electrons. The van der Waals surface area contributed by atoms with Gasteiger partial charge in [0.05, 0.1) is 56.7 Å². The van der Waals surface area contributed by atoms with Gasteiger partial charge in [0.1, 0.15) is 0 Å². The van der Waals surface area contributed by atoms with E-state index in [9.17, 15) is 19.2 Å². The summed E-state index contributed by atoms with van der Waals surface area (Å²) in [5, 5.41) is 0. The van der Waals surface area contributed by atoms with E-state index >= 15 is 0 Å². The van der Waals surface area contributed by atoms with Crippen LogP contribution in [-0.2, 0) is 23.4 Å². The van der Waals surface area contributed by atoms with Gasteiger partial charge in [-0.3, -0.25) is 29.0 Å². The van der Waals surface area contributed by atoms with Crippen molar-refractivity contribution >= 4 is 38.4 Å². The largest absolute Gasteiger partial charge is 0.488 e. The molecule has 1 radical (unpaired) electrons. The van der Waals surface area contributed by atoms with Crippen LogP contribution in [0.1, 0.15) is 124 Å². The van der Waals surface area contributed by atoms with Crippen molar-refractivity contribution in [3.05, 3.63) is 82.8 Å². The monoisotopic (exact) mass is 725 g/mol. The van der Waals surface area contributed by atoms with Crippen molar-refractivity contribution < 1.29 is 42.5 Å². The minimum absolute atomic E-state index is 0.187. The fourth-order valence-corrected chi connectivity index (χ4v) is 5.58. The van der Waals surface area contributed by atoms with Crippen molar-refractivity contribution in [3.8, 4) is 12.3 Å². The number of carbonyl (C=O) groups is 4. The Morgan fingerprint density at radius 2 is 1.06 bits per heavy atom. The number of fused-ring (bicyclic) bond motifs is 2. The summed E-state index contributed by atoms with van der Waals surface area (Å²) in [5.41, 5.74) is 0.576. The van der Waals surface area contributed by atoms with Gasteiger partial charge >= 0.3 is 14.8 Å². The molecular formula is C40H51B2N2O9. The lowest BCUT2D eigenvalue weighted by Gasteiger charge is -2.32. The molecule has 0 bridgehead atoms. The number of imide groups is 2. The smallest absolute Gasteiger partial charge is 0.405 e. The molecule has 5 aliphatic heterocycles. The van der Waals surface area contributed by atoms with Gasteiger partial charge in [-0.15, -0.1) is 6.42 Å². The van der Waals surface area contributed by atoms with Crippen molar-refractivity contribution in [1.82, 2.24) is 9.80 Å². The molecule has 2 atom stereocenters. The molecule has 4 amide bonds. The molecule has 3 fully saturated rings. The van der Waals surface area contributed by atoms with Crippen LogP contribution in [0.15, 0.2) is 60.6 Å². The van der Waals surface area contributed by atoms with Gasteiger partial charge in [-0.05, 0) is 106 Å². The van der Waals surface area contributed by atoms with Crippen molar-refractivity contribution in [1.29, 1.82) is 0 Å².